The summed E-state index contributed by atoms with van der Waals surface area (Å²) >= 11 is 1.49. The number of halogens is 1. The van der Waals surface area contributed by atoms with Gasteiger partial charge in [0.05, 0.1) is 12.8 Å². The summed E-state index contributed by atoms with van der Waals surface area (Å²) in [7, 11) is 1.65. The van der Waals surface area contributed by atoms with Crippen molar-refractivity contribution in [3.63, 3.8) is 0 Å². The van der Waals surface area contributed by atoms with Crippen LogP contribution in [-0.2, 0) is 12.8 Å². The van der Waals surface area contributed by atoms with Crippen molar-refractivity contribution in [1.29, 1.82) is 0 Å². The largest absolute Gasteiger partial charge is 0.497 e. The van der Waals surface area contributed by atoms with E-state index in [9.17, 15) is 9.18 Å². The Balaban J connectivity index is 1.61. The first-order valence-corrected chi connectivity index (χ1v) is 8.69. The molecule has 0 atom stereocenters. The van der Waals surface area contributed by atoms with Crippen molar-refractivity contribution < 1.29 is 13.9 Å². The molecule has 3 aromatic rings. The average molecular weight is 354 g/mol. The standard InChI is InChI=1S/C19H15FN2O2S/c1-24-14-7-8-15-12(10-14)4-9-16-17(15)21-19(25-16)22-18(23)11-2-5-13(20)6-3-11/h2-3,5-8,10H,4,9H2,1H3,(H,21,22,23). The van der Waals surface area contributed by atoms with Gasteiger partial charge in [-0.15, -0.1) is 11.3 Å². The van der Waals surface area contributed by atoms with Gasteiger partial charge in [-0.1, -0.05) is 0 Å². The number of ether oxygens (including phenoxy) is 1. The van der Waals surface area contributed by atoms with Gasteiger partial charge in [-0.05, 0) is 60.9 Å². The Morgan fingerprint density at radius 3 is 2.76 bits per heavy atom. The van der Waals surface area contributed by atoms with E-state index in [0.29, 0.717) is 10.7 Å². The molecule has 0 saturated heterocycles. The predicted molar refractivity (Wildman–Crippen MR) is 95.9 cm³/mol. The maximum Gasteiger partial charge on any atom is 0.257 e. The second-order valence-electron chi connectivity index (χ2n) is 5.77. The number of thiazole rings is 1. The van der Waals surface area contributed by atoms with Crippen molar-refractivity contribution in [1.82, 2.24) is 4.98 Å². The van der Waals surface area contributed by atoms with Crippen molar-refractivity contribution >= 4 is 22.4 Å². The molecule has 6 heteroatoms. The highest BCUT2D eigenvalue weighted by Crippen LogP contribution is 2.39. The van der Waals surface area contributed by atoms with Crippen LogP contribution in [0.1, 0.15) is 20.8 Å². The molecule has 1 aliphatic rings. The molecule has 2 aromatic carbocycles. The van der Waals surface area contributed by atoms with Gasteiger partial charge < -0.3 is 4.74 Å². The molecule has 1 amide bonds. The van der Waals surface area contributed by atoms with E-state index in [1.165, 1.54) is 41.2 Å². The fraction of sp³-hybridized carbons (Fsp3) is 0.158. The second kappa shape index (κ2) is 6.29. The first-order chi connectivity index (χ1) is 12.1. The van der Waals surface area contributed by atoms with Crippen LogP contribution in [0.2, 0.25) is 0 Å². The minimum Gasteiger partial charge on any atom is -0.497 e. The number of rotatable bonds is 3. The number of nitrogens with one attached hydrogen (secondary N) is 1. The van der Waals surface area contributed by atoms with E-state index in [0.717, 1.165) is 34.7 Å². The minimum absolute atomic E-state index is 0.291. The Bertz CT molecular complexity index is 951. The zero-order chi connectivity index (χ0) is 17.4. The topological polar surface area (TPSA) is 51.2 Å². The molecule has 1 N–H and O–H groups in total. The zero-order valence-corrected chi connectivity index (χ0v) is 14.3. The molecule has 1 heterocycles. The molecule has 0 radical (unpaired) electrons. The summed E-state index contributed by atoms with van der Waals surface area (Å²) in [5.74, 6) is 0.177. The van der Waals surface area contributed by atoms with Crippen LogP contribution in [0.5, 0.6) is 5.75 Å². The Hall–Kier alpha value is -2.73. The van der Waals surface area contributed by atoms with Crippen LogP contribution in [0.15, 0.2) is 42.5 Å². The number of nitrogens with zero attached hydrogens (tertiary/aromatic N) is 1. The smallest absolute Gasteiger partial charge is 0.257 e. The minimum atomic E-state index is -0.367. The van der Waals surface area contributed by atoms with Crippen LogP contribution in [-0.4, -0.2) is 18.0 Å². The number of methoxy groups -OCH3 is 1. The number of hydrogen-bond acceptors (Lipinski definition) is 4. The van der Waals surface area contributed by atoms with Gasteiger partial charge in [0.25, 0.3) is 5.91 Å². The summed E-state index contributed by atoms with van der Waals surface area (Å²) in [6.45, 7) is 0. The summed E-state index contributed by atoms with van der Waals surface area (Å²) in [5, 5.41) is 3.37. The van der Waals surface area contributed by atoms with Gasteiger partial charge in [0, 0.05) is 16.0 Å². The van der Waals surface area contributed by atoms with Crippen molar-refractivity contribution in [2.45, 2.75) is 12.8 Å². The monoisotopic (exact) mass is 354 g/mol. The maximum absolute atomic E-state index is 13.0. The summed E-state index contributed by atoms with van der Waals surface area (Å²) in [6.07, 6.45) is 1.81. The number of aryl methyl sites for hydroxylation is 2. The van der Waals surface area contributed by atoms with E-state index >= 15 is 0 Å². The number of benzene rings is 2. The number of carbonyl (C=O) groups excluding carboxylic acids is 1. The number of fused-ring (bicyclic) bond motifs is 3. The molecule has 0 fully saturated rings. The Morgan fingerprint density at radius 1 is 1.20 bits per heavy atom. The summed E-state index contributed by atoms with van der Waals surface area (Å²) in [6, 6.07) is 11.4. The molecule has 25 heavy (non-hydrogen) atoms. The molecule has 0 aliphatic heterocycles. The summed E-state index contributed by atoms with van der Waals surface area (Å²) < 4.78 is 18.3. The van der Waals surface area contributed by atoms with Gasteiger partial charge in [-0.25, -0.2) is 9.37 Å². The fourth-order valence-electron chi connectivity index (χ4n) is 2.94. The zero-order valence-electron chi connectivity index (χ0n) is 13.5. The van der Waals surface area contributed by atoms with Gasteiger partial charge in [0.2, 0.25) is 0 Å². The maximum atomic E-state index is 13.0. The number of anilines is 1. The van der Waals surface area contributed by atoms with Gasteiger partial charge in [0.15, 0.2) is 5.13 Å². The molecular formula is C19H15FN2O2S. The molecule has 0 bridgehead atoms. The summed E-state index contributed by atoms with van der Waals surface area (Å²) in [5.41, 5.74) is 3.61. The molecular weight excluding hydrogens is 339 g/mol. The number of carbonyl (C=O) groups is 1. The predicted octanol–water partition coefficient (Wildman–Crippen LogP) is 4.31. The lowest BCUT2D eigenvalue weighted by Crippen LogP contribution is -2.11. The number of aromatic nitrogens is 1. The van der Waals surface area contributed by atoms with Crippen LogP contribution in [0.3, 0.4) is 0 Å². The van der Waals surface area contributed by atoms with Crippen molar-refractivity contribution in [3.05, 3.63) is 64.3 Å². The highest BCUT2D eigenvalue weighted by atomic mass is 32.1. The molecule has 0 saturated carbocycles. The lowest BCUT2D eigenvalue weighted by Gasteiger charge is -2.15. The molecule has 1 aliphatic carbocycles. The van der Waals surface area contributed by atoms with Crippen LogP contribution in [0, 0.1) is 5.82 Å². The van der Waals surface area contributed by atoms with Crippen LogP contribution in [0.4, 0.5) is 9.52 Å². The highest BCUT2D eigenvalue weighted by molar-refractivity contribution is 7.16. The van der Waals surface area contributed by atoms with Crippen molar-refractivity contribution in [2.75, 3.05) is 12.4 Å². The quantitative estimate of drug-likeness (QED) is 0.763. The van der Waals surface area contributed by atoms with Gasteiger partial charge >= 0.3 is 0 Å². The van der Waals surface area contributed by atoms with E-state index in [1.54, 1.807) is 7.11 Å². The molecule has 4 nitrogen and oxygen atoms in total. The first kappa shape index (κ1) is 15.8. The Kier molecular flexibility index (Phi) is 3.97. The third-order valence-electron chi connectivity index (χ3n) is 4.21. The second-order valence-corrected chi connectivity index (χ2v) is 6.86. The van der Waals surface area contributed by atoms with Crippen molar-refractivity contribution in [2.24, 2.45) is 0 Å². The van der Waals surface area contributed by atoms with E-state index < -0.39 is 0 Å². The third kappa shape index (κ3) is 3.00. The van der Waals surface area contributed by atoms with Gasteiger partial charge in [-0.3, -0.25) is 10.1 Å². The number of amides is 1. The average Bonchev–Trinajstić information content (AvgIpc) is 3.04. The molecule has 126 valence electrons. The van der Waals surface area contributed by atoms with Crippen LogP contribution >= 0.6 is 11.3 Å². The number of hydrogen-bond donors (Lipinski definition) is 1. The fourth-order valence-corrected chi connectivity index (χ4v) is 3.91. The molecule has 0 spiro atoms. The lowest BCUT2D eigenvalue weighted by atomic mass is 9.93. The van der Waals surface area contributed by atoms with E-state index in [4.69, 9.17) is 4.74 Å². The Morgan fingerprint density at radius 2 is 2.00 bits per heavy atom. The normalized spacial score (nSPS) is 12.2. The van der Waals surface area contributed by atoms with E-state index in [2.05, 4.69) is 10.3 Å². The van der Waals surface area contributed by atoms with E-state index in [1.807, 2.05) is 18.2 Å². The van der Waals surface area contributed by atoms with Crippen molar-refractivity contribution in [3.8, 4) is 17.0 Å². The lowest BCUT2D eigenvalue weighted by molar-refractivity contribution is 0.102. The molecule has 0 unspecified atom stereocenters. The molecule has 1 aromatic heterocycles. The van der Waals surface area contributed by atoms with Crippen LogP contribution in [0.25, 0.3) is 11.3 Å². The van der Waals surface area contributed by atoms with Gasteiger partial charge in [-0.2, -0.15) is 0 Å². The summed E-state index contributed by atoms with van der Waals surface area (Å²) in [4.78, 5) is 18.0. The Labute approximate surface area is 148 Å². The first-order valence-electron chi connectivity index (χ1n) is 7.88. The SMILES string of the molecule is COc1ccc2c(c1)CCc1sc(NC(=O)c3ccc(F)cc3)nc1-2. The van der Waals surface area contributed by atoms with Gasteiger partial charge in [0.1, 0.15) is 11.6 Å². The third-order valence-corrected chi connectivity index (χ3v) is 5.24. The molecule has 4 rings (SSSR count). The highest BCUT2D eigenvalue weighted by Gasteiger charge is 2.22. The van der Waals surface area contributed by atoms with E-state index in [-0.39, 0.29) is 11.7 Å². The van der Waals surface area contributed by atoms with Crippen LogP contribution < -0.4 is 10.1 Å².